The van der Waals surface area contributed by atoms with Gasteiger partial charge >= 0.3 is 0 Å². The molecule has 0 saturated heterocycles. The molecule has 0 heterocycles. The van der Waals surface area contributed by atoms with Crippen LogP contribution in [0.4, 0.5) is 0 Å². The van der Waals surface area contributed by atoms with Gasteiger partial charge in [0.25, 0.3) is 0 Å². The van der Waals surface area contributed by atoms with Gasteiger partial charge in [-0.3, -0.25) is 0 Å². The summed E-state index contributed by atoms with van der Waals surface area (Å²) in [5.74, 6) is 2.80. The lowest BCUT2D eigenvalue weighted by Gasteiger charge is -2.63. The van der Waals surface area contributed by atoms with E-state index in [2.05, 4.69) is 13.8 Å². The summed E-state index contributed by atoms with van der Waals surface area (Å²) in [7, 11) is 0. The van der Waals surface area contributed by atoms with Crippen LogP contribution in [-0.2, 0) is 0 Å². The summed E-state index contributed by atoms with van der Waals surface area (Å²) in [4.78, 5) is 0. The average Bonchev–Trinajstić information content (AvgIpc) is 2.74. The predicted molar refractivity (Wildman–Crippen MR) is 84.4 cm³/mol. The molecule has 1 heteroatoms. The Balaban J connectivity index is 1.70. The fourth-order valence-electron chi connectivity index (χ4n) is 7.35. The largest absolute Gasteiger partial charge is 0.324 e. The second kappa shape index (κ2) is 4.24. The summed E-state index contributed by atoms with van der Waals surface area (Å²) >= 11 is 0. The van der Waals surface area contributed by atoms with Crippen LogP contribution < -0.4 is 5.73 Å². The molecule has 0 radical (unpaired) electrons. The van der Waals surface area contributed by atoms with E-state index in [1.54, 1.807) is 0 Å². The Hall–Kier alpha value is -0.0400. The standard InChI is InChI=1S/C19H33N/c1-17-10-5-12-19(17,20)16-8-7-14-6-3-4-11-18(14,2)15(16)9-13-17/h14-16H,3-13,20H2,1-2H3/t14-,15-,16?,17-,18-,19-/m0/s1. The molecule has 6 atom stereocenters. The first kappa shape index (κ1) is 13.6. The maximum absolute atomic E-state index is 7.13. The molecule has 0 bridgehead atoms. The van der Waals surface area contributed by atoms with Crippen molar-refractivity contribution in [3.8, 4) is 0 Å². The van der Waals surface area contributed by atoms with Crippen LogP contribution in [0.5, 0.6) is 0 Å². The SMILES string of the molecule is C[C@]12CCCC[C@H]1CCC1[C@@H]2CC[C@]2(C)CCC[C@]12N. The number of hydrogen-bond acceptors (Lipinski definition) is 1. The van der Waals surface area contributed by atoms with Crippen LogP contribution in [0.25, 0.3) is 0 Å². The van der Waals surface area contributed by atoms with Crippen molar-refractivity contribution in [2.24, 2.45) is 34.3 Å². The van der Waals surface area contributed by atoms with Crippen LogP contribution in [0.2, 0.25) is 0 Å². The highest BCUT2D eigenvalue weighted by Crippen LogP contribution is 2.66. The third-order valence-electron chi connectivity index (χ3n) is 8.72. The first-order chi connectivity index (χ1) is 9.50. The summed E-state index contributed by atoms with van der Waals surface area (Å²) < 4.78 is 0. The first-order valence-corrected chi connectivity index (χ1v) is 9.29. The van der Waals surface area contributed by atoms with Gasteiger partial charge in [0.15, 0.2) is 0 Å². The van der Waals surface area contributed by atoms with Gasteiger partial charge in [-0.2, -0.15) is 0 Å². The maximum atomic E-state index is 7.13. The highest BCUT2D eigenvalue weighted by molar-refractivity contribution is 5.16. The van der Waals surface area contributed by atoms with Crippen molar-refractivity contribution in [1.29, 1.82) is 0 Å². The van der Waals surface area contributed by atoms with Crippen LogP contribution in [0, 0.1) is 28.6 Å². The van der Waals surface area contributed by atoms with E-state index < -0.39 is 0 Å². The Morgan fingerprint density at radius 2 is 1.60 bits per heavy atom. The molecule has 0 aromatic heterocycles. The van der Waals surface area contributed by atoms with E-state index in [-0.39, 0.29) is 5.54 Å². The van der Waals surface area contributed by atoms with E-state index in [4.69, 9.17) is 5.73 Å². The minimum absolute atomic E-state index is 0.182. The summed E-state index contributed by atoms with van der Waals surface area (Å²) in [5.41, 5.74) is 8.42. The molecule has 0 aromatic rings. The molecule has 114 valence electrons. The molecule has 4 rings (SSSR count). The minimum atomic E-state index is 0.182. The molecule has 4 aliphatic carbocycles. The topological polar surface area (TPSA) is 26.0 Å². The molecule has 4 aliphatic rings. The quantitative estimate of drug-likeness (QED) is 0.669. The lowest BCUT2D eigenvalue weighted by Crippen LogP contribution is -2.65. The molecular formula is C19H33N. The Labute approximate surface area is 125 Å². The molecule has 4 saturated carbocycles. The second-order valence-corrected chi connectivity index (χ2v) is 9.23. The fraction of sp³-hybridized carbons (Fsp3) is 1.00. The van der Waals surface area contributed by atoms with Gasteiger partial charge < -0.3 is 5.73 Å². The zero-order chi connectivity index (χ0) is 14.0. The van der Waals surface area contributed by atoms with Crippen molar-refractivity contribution in [3.63, 3.8) is 0 Å². The van der Waals surface area contributed by atoms with Crippen molar-refractivity contribution < 1.29 is 0 Å². The molecular weight excluding hydrogens is 242 g/mol. The maximum Gasteiger partial charge on any atom is 0.0240 e. The number of rotatable bonds is 0. The average molecular weight is 275 g/mol. The normalized spacial score (nSPS) is 58.6. The van der Waals surface area contributed by atoms with Crippen LogP contribution in [0.3, 0.4) is 0 Å². The van der Waals surface area contributed by atoms with Crippen molar-refractivity contribution in [2.45, 2.75) is 90.0 Å². The van der Waals surface area contributed by atoms with Crippen LogP contribution in [-0.4, -0.2) is 5.54 Å². The molecule has 2 N–H and O–H groups in total. The van der Waals surface area contributed by atoms with Crippen LogP contribution in [0.1, 0.15) is 84.5 Å². The predicted octanol–water partition coefficient (Wildman–Crippen LogP) is 4.89. The van der Waals surface area contributed by atoms with Crippen LogP contribution >= 0.6 is 0 Å². The number of nitrogens with two attached hydrogens (primary N) is 1. The van der Waals surface area contributed by atoms with Crippen LogP contribution in [0.15, 0.2) is 0 Å². The smallest absolute Gasteiger partial charge is 0.0240 e. The zero-order valence-corrected chi connectivity index (χ0v) is 13.6. The molecule has 4 fully saturated rings. The van der Waals surface area contributed by atoms with Gasteiger partial charge in [-0.1, -0.05) is 33.1 Å². The van der Waals surface area contributed by atoms with Gasteiger partial charge in [-0.05, 0) is 80.0 Å². The fourth-order valence-corrected chi connectivity index (χ4v) is 7.35. The van der Waals surface area contributed by atoms with E-state index in [0.717, 1.165) is 17.8 Å². The highest BCUT2D eigenvalue weighted by Gasteiger charge is 2.62. The molecule has 0 amide bonds. The van der Waals surface area contributed by atoms with Gasteiger partial charge in [-0.25, -0.2) is 0 Å². The van der Waals surface area contributed by atoms with Crippen molar-refractivity contribution in [2.75, 3.05) is 0 Å². The van der Waals surface area contributed by atoms with E-state index in [1.807, 2.05) is 0 Å². The zero-order valence-electron chi connectivity index (χ0n) is 13.6. The van der Waals surface area contributed by atoms with Gasteiger partial charge in [0.2, 0.25) is 0 Å². The van der Waals surface area contributed by atoms with Crippen molar-refractivity contribution in [1.82, 2.24) is 0 Å². The summed E-state index contributed by atoms with van der Waals surface area (Å²) in [6, 6.07) is 0. The van der Waals surface area contributed by atoms with E-state index >= 15 is 0 Å². The molecule has 1 unspecified atom stereocenters. The molecule has 0 aromatic carbocycles. The van der Waals surface area contributed by atoms with Gasteiger partial charge in [0.05, 0.1) is 0 Å². The molecule has 1 nitrogen and oxygen atoms in total. The summed E-state index contributed by atoms with van der Waals surface area (Å²) in [5, 5.41) is 0. The summed E-state index contributed by atoms with van der Waals surface area (Å²) in [6.45, 7) is 5.17. The lowest BCUT2D eigenvalue weighted by molar-refractivity contribution is -0.114. The third-order valence-corrected chi connectivity index (χ3v) is 8.72. The number of hydrogen-bond donors (Lipinski definition) is 1. The third kappa shape index (κ3) is 1.54. The van der Waals surface area contributed by atoms with E-state index in [0.29, 0.717) is 10.8 Å². The monoisotopic (exact) mass is 275 g/mol. The number of fused-ring (bicyclic) bond motifs is 5. The Bertz CT molecular complexity index is 405. The van der Waals surface area contributed by atoms with Gasteiger partial charge in [0, 0.05) is 5.54 Å². The Morgan fingerprint density at radius 1 is 0.750 bits per heavy atom. The molecule has 0 aliphatic heterocycles. The molecule has 0 spiro atoms. The Kier molecular flexibility index (Phi) is 2.89. The molecule has 20 heavy (non-hydrogen) atoms. The van der Waals surface area contributed by atoms with Gasteiger partial charge in [0.1, 0.15) is 0 Å². The second-order valence-electron chi connectivity index (χ2n) is 9.23. The summed E-state index contributed by atoms with van der Waals surface area (Å²) in [6.07, 6.45) is 15.9. The van der Waals surface area contributed by atoms with E-state index in [9.17, 15) is 0 Å². The van der Waals surface area contributed by atoms with Gasteiger partial charge in [-0.15, -0.1) is 0 Å². The van der Waals surface area contributed by atoms with Crippen molar-refractivity contribution in [3.05, 3.63) is 0 Å². The van der Waals surface area contributed by atoms with Crippen molar-refractivity contribution >= 4 is 0 Å². The first-order valence-electron chi connectivity index (χ1n) is 9.29. The lowest BCUT2D eigenvalue weighted by atomic mass is 9.43. The Morgan fingerprint density at radius 3 is 2.45 bits per heavy atom. The highest BCUT2D eigenvalue weighted by atomic mass is 14.9. The minimum Gasteiger partial charge on any atom is -0.324 e. The van der Waals surface area contributed by atoms with E-state index in [1.165, 1.54) is 70.6 Å².